The van der Waals surface area contributed by atoms with Gasteiger partial charge in [-0.05, 0) is 38.5 Å². The summed E-state index contributed by atoms with van der Waals surface area (Å²) in [7, 11) is 0. The van der Waals surface area contributed by atoms with E-state index in [1.165, 1.54) is 57.8 Å². The average Bonchev–Trinajstić information content (AvgIpc) is 2.60. The van der Waals surface area contributed by atoms with E-state index in [4.69, 9.17) is 4.74 Å². The molecule has 2 aliphatic rings. The summed E-state index contributed by atoms with van der Waals surface area (Å²) in [6.45, 7) is 2.23. The van der Waals surface area contributed by atoms with Gasteiger partial charge in [-0.25, -0.2) is 0 Å². The summed E-state index contributed by atoms with van der Waals surface area (Å²) in [5.41, 5.74) is 0.318. The predicted molar refractivity (Wildman–Crippen MR) is 67.5 cm³/mol. The molecule has 0 radical (unpaired) electrons. The summed E-state index contributed by atoms with van der Waals surface area (Å²) in [6, 6.07) is 0. The summed E-state index contributed by atoms with van der Waals surface area (Å²) in [5, 5.41) is 0. The van der Waals surface area contributed by atoms with E-state index in [2.05, 4.69) is 22.9 Å². The van der Waals surface area contributed by atoms with E-state index in [1.807, 2.05) is 0 Å². The van der Waals surface area contributed by atoms with Crippen LogP contribution >= 0.6 is 15.9 Å². The van der Waals surface area contributed by atoms with Gasteiger partial charge in [-0.15, -0.1) is 0 Å². The van der Waals surface area contributed by atoms with Crippen molar-refractivity contribution in [1.29, 1.82) is 0 Å². The molecule has 1 aliphatic heterocycles. The smallest absolute Gasteiger partial charge is 0.0687 e. The molecule has 2 fully saturated rings. The molecule has 1 aliphatic carbocycles. The monoisotopic (exact) mass is 274 g/mol. The van der Waals surface area contributed by atoms with Crippen molar-refractivity contribution < 1.29 is 4.74 Å². The first-order valence-corrected chi connectivity index (χ1v) is 7.44. The molecule has 0 aromatic heterocycles. The largest absolute Gasteiger partial charge is 0.372 e. The Hall–Kier alpha value is 0.440. The van der Waals surface area contributed by atoms with Crippen LogP contribution in [0.15, 0.2) is 0 Å². The van der Waals surface area contributed by atoms with Crippen molar-refractivity contribution in [2.45, 2.75) is 81.2 Å². The van der Waals surface area contributed by atoms with E-state index in [0.717, 1.165) is 0 Å². The van der Waals surface area contributed by atoms with Crippen LogP contribution in [0, 0.1) is 0 Å². The lowest BCUT2D eigenvalue weighted by atomic mass is 9.83. The van der Waals surface area contributed by atoms with E-state index in [1.54, 1.807) is 0 Å². The lowest BCUT2D eigenvalue weighted by molar-refractivity contribution is -0.0658. The molecule has 0 N–H and O–H groups in total. The third-order valence-corrected chi connectivity index (χ3v) is 4.45. The highest BCUT2D eigenvalue weighted by atomic mass is 79.9. The number of alkyl halides is 1. The van der Waals surface area contributed by atoms with Gasteiger partial charge in [-0.2, -0.15) is 0 Å². The Balaban J connectivity index is 1.78. The van der Waals surface area contributed by atoms with Crippen molar-refractivity contribution in [3.63, 3.8) is 0 Å². The van der Waals surface area contributed by atoms with Crippen molar-refractivity contribution >= 4 is 15.9 Å². The molecule has 2 unspecified atom stereocenters. The van der Waals surface area contributed by atoms with Gasteiger partial charge < -0.3 is 4.74 Å². The Kier molecular flexibility index (Phi) is 4.11. The van der Waals surface area contributed by atoms with Gasteiger partial charge in [0.05, 0.1) is 11.7 Å². The normalized spacial score (nSPS) is 32.0. The summed E-state index contributed by atoms with van der Waals surface area (Å²) in [5.74, 6) is 0. The second kappa shape index (κ2) is 5.18. The highest BCUT2D eigenvalue weighted by Crippen LogP contribution is 2.42. The van der Waals surface area contributed by atoms with Crippen molar-refractivity contribution in [2.24, 2.45) is 0 Å². The molecule has 2 heteroatoms. The van der Waals surface area contributed by atoms with Gasteiger partial charge in [0.25, 0.3) is 0 Å². The van der Waals surface area contributed by atoms with Gasteiger partial charge in [0.1, 0.15) is 0 Å². The van der Waals surface area contributed by atoms with Crippen LogP contribution in [-0.4, -0.2) is 16.5 Å². The Morgan fingerprint density at radius 1 is 1.27 bits per heavy atom. The first kappa shape index (κ1) is 11.9. The molecule has 2 atom stereocenters. The van der Waals surface area contributed by atoms with Crippen LogP contribution in [0.25, 0.3) is 0 Å². The fraction of sp³-hybridized carbons (Fsp3) is 1.00. The molecule has 88 valence electrons. The second-order valence-electron chi connectivity index (χ2n) is 5.38. The maximum Gasteiger partial charge on any atom is 0.0687 e. The quantitative estimate of drug-likeness (QED) is 0.692. The second-order valence-corrected chi connectivity index (χ2v) is 6.94. The van der Waals surface area contributed by atoms with Crippen LogP contribution in [-0.2, 0) is 4.74 Å². The number of halogens is 1. The third-order valence-electron chi connectivity index (χ3n) is 3.99. The maximum absolute atomic E-state index is 6.32. The minimum atomic E-state index is 0.318. The van der Waals surface area contributed by atoms with Gasteiger partial charge in [-0.3, -0.25) is 0 Å². The highest BCUT2D eigenvalue weighted by Gasteiger charge is 2.40. The van der Waals surface area contributed by atoms with Crippen molar-refractivity contribution in [2.75, 3.05) is 0 Å². The fourth-order valence-electron chi connectivity index (χ4n) is 3.08. The lowest BCUT2D eigenvalue weighted by Gasteiger charge is -2.33. The molecule has 0 aromatic rings. The first-order valence-electron chi connectivity index (χ1n) is 6.52. The van der Waals surface area contributed by atoms with Crippen LogP contribution in [0.5, 0.6) is 0 Å². The lowest BCUT2D eigenvalue weighted by Crippen LogP contribution is -2.31. The molecule has 0 bridgehead atoms. The summed E-state index contributed by atoms with van der Waals surface area (Å²) in [4.78, 5) is 0.643. The fourth-order valence-corrected chi connectivity index (χ4v) is 3.34. The zero-order valence-corrected chi connectivity index (χ0v) is 11.4. The molecule has 0 amide bonds. The van der Waals surface area contributed by atoms with Crippen LogP contribution in [0.2, 0.25) is 0 Å². The number of ether oxygens (including phenoxy) is 1. The molecule has 1 saturated heterocycles. The molecule has 1 heterocycles. The number of hydrogen-bond acceptors (Lipinski definition) is 1. The molecule has 2 rings (SSSR count). The zero-order valence-electron chi connectivity index (χ0n) is 9.80. The zero-order chi connectivity index (χ0) is 10.7. The average molecular weight is 275 g/mol. The van der Waals surface area contributed by atoms with Crippen LogP contribution in [0.3, 0.4) is 0 Å². The minimum Gasteiger partial charge on any atom is -0.372 e. The van der Waals surface area contributed by atoms with Crippen LogP contribution in [0.4, 0.5) is 0 Å². The van der Waals surface area contributed by atoms with Crippen molar-refractivity contribution in [3.05, 3.63) is 0 Å². The van der Waals surface area contributed by atoms with Crippen molar-refractivity contribution in [1.82, 2.24) is 0 Å². The van der Waals surface area contributed by atoms with Gasteiger partial charge in [0.2, 0.25) is 0 Å². The third kappa shape index (κ3) is 3.20. The SMILES string of the molecule is CC(Br)CCC1CCC2(CCCCC2)O1. The Morgan fingerprint density at radius 3 is 2.67 bits per heavy atom. The molecule has 15 heavy (non-hydrogen) atoms. The van der Waals surface area contributed by atoms with E-state index in [-0.39, 0.29) is 0 Å². The Labute approximate surface area is 102 Å². The highest BCUT2D eigenvalue weighted by molar-refractivity contribution is 9.09. The van der Waals surface area contributed by atoms with Crippen molar-refractivity contribution in [3.8, 4) is 0 Å². The Morgan fingerprint density at radius 2 is 2.00 bits per heavy atom. The van der Waals surface area contributed by atoms with Crippen LogP contribution < -0.4 is 0 Å². The Bertz CT molecular complexity index is 197. The molecular formula is C13H23BrO. The van der Waals surface area contributed by atoms with Gasteiger partial charge in [-0.1, -0.05) is 42.1 Å². The van der Waals surface area contributed by atoms with Gasteiger partial charge in [0.15, 0.2) is 0 Å². The number of hydrogen-bond donors (Lipinski definition) is 0. The van der Waals surface area contributed by atoms with E-state index < -0.39 is 0 Å². The van der Waals surface area contributed by atoms with Gasteiger partial charge >= 0.3 is 0 Å². The van der Waals surface area contributed by atoms with Gasteiger partial charge in [0, 0.05) is 4.83 Å². The number of rotatable bonds is 3. The molecule has 1 saturated carbocycles. The summed E-state index contributed by atoms with van der Waals surface area (Å²) < 4.78 is 6.32. The van der Waals surface area contributed by atoms with E-state index in [0.29, 0.717) is 16.5 Å². The standard InChI is InChI=1S/C13H23BrO/c1-11(14)5-6-12-7-10-13(15-12)8-3-2-4-9-13/h11-12H,2-10H2,1H3. The summed E-state index contributed by atoms with van der Waals surface area (Å²) >= 11 is 3.61. The summed E-state index contributed by atoms with van der Waals surface area (Å²) in [6.07, 6.45) is 12.5. The topological polar surface area (TPSA) is 9.23 Å². The van der Waals surface area contributed by atoms with Crippen LogP contribution in [0.1, 0.15) is 64.7 Å². The molecular weight excluding hydrogens is 252 g/mol. The molecule has 1 spiro atoms. The van der Waals surface area contributed by atoms with E-state index >= 15 is 0 Å². The predicted octanol–water partition coefficient (Wildman–Crippen LogP) is 4.43. The maximum atomic E-state index is 6.32. The van der Waals surface area contributed by atoms with E-state index in [9.17, 15) is 0 Å². The molecule has 0 aromatic carbocycles. The first-order chi connectivity index (χ1) is 7.20. The molecule has 1 nitrogen and oxygen atoms in total. The minimum absolute atomic E-state index is 0.318.